The fraction of sp³-hybridized carbons (Fsp3) is 0.636. The first-order valence-electron chi connectivity index (χ1n) is 5.84. The molecule has 2 rings (SSSR count). The third kappa shape index (κ3) is 3.57. The van der Waals surface area contributed by atoms with Crippen LogP contribution < -0.4 is 4.72 Å². The van der Waals surface area contributed by atoms with E-state index in [4.69, 9.17) is 9.15 Å². The van der Waals surface area contributed by atoms with Crippen molar-refractivity contribution < 1.29 is 17.6 Å². The number of sulfonamides is 1. The van der Waals surface area contributed by atoms with Crippen molar-refractivity contribution in [2.24, 2.45) is 5.92 Å². The highest BCUT2D eigenvalue weighted by Gasteiger charge is 2.23. The van der Waals surface area contributed by atoms with Gasteiger partial charge in [0.1, 0.15) is 0 Å². The lowest BCUT2D eigenvalue weighted by Gasteiger charge is -2.27. The minimum Gasteiger partial charge on any atom is -0.437 e. The van der Waals surface area contributed by atoms with Gasteiger partial charge in [-0.3, -0.25) is 0 Å². The monoisotopic (exact) mass is 337 g/mol. The second-order valence-electron chi connectivity index (χ2n) is 4.48. The van der Waals surface area contributed by atoms with Gasteiger partial charge in [-0.05, 0) is 53.7 Å². The molecule has 0 radical (unpaired) electrons. The van der Waals surface area contributed by atoms with Crippen molar-refractivity contribution in [3.63, 3.8) is 0 Å². The van der Waals surface area contributed by atoms with Gasteiger partial charge in [-0.2, -0.15) is 0 Å². The Morgan fingerprint density at radius 2 is 2.28 bits per heavy atom. The van der Waals surface area contributed by atoms with Crippen LogP contribution in [0.5, 0.6) is 0 Å². The van der Waals surface area contributed by atoms with Gasteiger partial charge in [0, 0.05) is 13.2 Å². The van der Waals surface area contributed by atoms with E-state index in [9.17, 15) is 8.42 Å². The third-order valence-electron chi connectivity index (χ3n) is 2.97. The van der Waals surface area contributed by atoms with Crippen LogP contribution in [0.3, 0.4) is 0 Å². The molecule has 0 bridgehead atoms. The van der Waals surface area contributed by atoms with E-state index in [0.29, 0.717) is 23.7 Å². The first-order valence-corrected chi connectivity index (χ1v) is 8.11. The van der Waals surface area contributed by atoms with Gasteiger partial charge in [-0.25, -0.2) is 13.1 Å². The van der Waals surface area contributed by atoms with Crippen LogP contribution in [0.15, 0.2) is 26.3 Å². The minimum absolute atomic E-state index is 0.0607. The van der Waals surface area contributed by atoms with Gasteiger partial charge in [-0.15, -0.1) is 0 Å². The van der Waals surface area contributed by atoms with E-state index in [-0.39, 0.29) is 11.2 Å². The fourth-order valence-electron chi connectivity index (χ4n) is 2.02. The van der Waals surface area contributed by atoms with E-state index < -0.39 is 10.0 Å². The minimum atomic E-state index is -3.54. The molecule has 1 N–H and O–H groups in total. The molecule has 2 atom stereocenters. The maximum absolute atomic E-state index is 11.9. The lowest BCUT2D eigenvalue weighted by molar-refractivity contribution is 0.00396. The van der Waals surface area contributed by atoms with Crippen LogP contribution in [0.25, 0.3) is 0 Å². The number of furan rings is 1. The summed E-state index contributed by atoms with van der Waals surface area (Å²) in [6.07, 6.45) is 1.96. The number of halogens is 1. The molecule has 102 valence electrons. The standard InChI is InChI=1S/C11H16BrNO4S/c1-8-6-9(4-5-16-8)7-13-18(14,15)11-3-2-10(12)17-11/h2-3,8-9,13H,4-7H2,1H3. The molecule has 1 aromatic rings. The zero-order valence-corrected chi connectivity index (χ0v) is 12.5. The number of hydrogen-bond donors (Lipinski definition) is 1. The predicted octanol–water partition coefficient (Wildman–Crippen LogP) is 2.14. The summed E-state index contributed by atoms with van der Waals surface area (Å²) in [4.78, 5) is 0. The highest BCUT2D eigenvalue weighted by molar-refractivity contribution is 9.10. The van der Waals surface area contributed by atoms with E-state index >= 15 is 0 Å². The van der Waals surface area contributed by atoms with Crippen molar-refractivity contribution in [2.45, 2.75) is 31.0 Å². The smallest absolute Gasteiger partial charge is 0.274 e. The van der Waals surface area contributed by atoms with Gasteiger partial charge >= 0.3 is 0 Å². The second-order valence-corrected chi connectivity index (χ2v) is 6.96. The maximum Gasteiger partial charge on any atom is 0.274 e. The number of rotatable bonds is 4. The van der Waals surface area contributed by atoms with Crippen LogP contribution in [0, 0.1) is 5.92 Å². The summed E-state index contributed by atoms with van der Waals surface area (Å²) in [6, 6.07) is 2.99. The largest absolute Gasteiger partial charge is 0.437 e. The van der Waals surface area contributed by atoms with Crippen LogP contribution in [-0.2, 0) is 14.8 Å². The van der Waals surface area contributed by atoms with Crippen LogP contribution in [0.4, 0.5) is 0 Å². The lowest BCUT2D eigenvalue weighted by Crippen LogP contribution is -2.34. The average molecular weight is 338 g/mol. The normalized spacial score (nSPS) is 25.2. The molecular weight excluding hydrogens is 322 g/mol. The van der Waals surface area contributed by atoms with E-state index in [1.165, 1.54) is 6.07 Å². The first-order chi connectivity index (χ1) is 8.47. The maximum atomic E-state index is 11.9. The van der Waals surface area contributed by atoms with Gasteiger partial charge in [-0.1, -0.05) is 0 Å². The predicted molar refractivity (Wildman–Crippen MR) is 69.7 cm³/mol. The number of hydrogen-bond acceptors (Lipinski definition) is 4. The van der Waals surface area contributed by atoms with E-state index in [0.717, 1.165) is 12.8 Å². The molecule has 1 aromatic heterocycles. The van der Waals surface area contributed by atoms with Gasteiger partial charge < -0.3 is 9.15 Å². The molecule has 18 heavy (non-hydrogen) atoms. The molecule has 1 fully saturated rings. The average Bonchev–Trinajstić information content (AvgIpc) is 2.74. The zero-order chi connectivity index (χ0) is 13.2. The Balaban J connectivity index is 1.93. The molecular formula is C11H16BrNO4S. The third-order valence-corrected chi connectivity index (χ3v) is 4.69. The van der Waals surface area contributed by atoms with Gasteiger partial charge in [0.05, 0.1) is 6.10 Å². The summed E-state index contributed by atoms with van der Waals surface area (Å²) in [5.74, 6) is 0.321. The highest BCUT2D eigenvalue weighted by atomic mass is 79.9. The quantitative estimate of drug-likeness (QED) is 0.913. The van der Waals surface area contributed by atoms with Crippen molar-refractivity contribution >= 4 is 26.0 Å². The molecule has 0 spiro atoms. The Kier molecular flexibility index (Phi) is 4.47. The Bertz CT molecular complexity index is 499. The van der Waals surface area contributed by atoms with Crippen molar-refractivity contribution in [3.05, 3.63) is 16.8 Å². The number of ether oxygens (including phenoxy) is 1. The zero-order valence-electron chi connectivity index (χ0n) is 10.1. The van der Waals surface area contributed by atoms with Crippen molar-refractivity contribution in [3.8, 4) is 0 Å². The Morgan fingerprint density at radius 1 is 1.50 bits per heavy atom. The Morgan fingerprint density at radius 3 is 2.89 bits per heavy atom. The van der Waals surface area contributed by atoms with Crippen molar-refractivity contribution in [1.82, 2.24) is 4.72 Å². The Hall–Kier alpha value is -0.370. The molecule has 2 unspecified atom stereocenters. The van der Waals surface area contributed by atoms with Crippen LogP contribution in [-0.4, -0.2) is 27.7 Å². The molecule has 0 aliphatic carbocycles. The molecule has 1 saturated heterocycles. The molecule has 0 aromatic carbocycles. The van der Waals surface area contributed by atoms with Crippen molar-refractivity contribution in [2.75, 3.05) is 13.2 Å². The lowest BCUT2D eigenvalue weighted by atomic mass is 9.97. The van der Waals surface area contributed by atoms with Crippen molar-refractivity contribution in [1.29, 1.82) is 0 Å². The molecule has 1 aliphatic heterocycles. The van der Waals surface area contributed by atoms with Gasteiger partial charge in [0.2, 0.25) is 5.09 Å². The summed E-state index contributed by atoms with van der Waals surface area (Å²) < 4.78 is 37.3. The summed E-state index contributed by atoms with van der Waals surface area (Å²) in [6.45, 7) is 3.12. The van der Waals surface area contributed by atoms with E-state index in [1.54, 1.807) is 6.07 Å². The highest BCUT2D eigenvalue weighted by Crippen LogP contribution is 2.21. The Labute approximate surface area is 115 Å². The summed E-state index contributed by atoms with van der Waals surface area (Å²) in [5, 5.41) is -0.0607. The van der Waals surface area contributed by atoms with Gasteiger partial charge in [0.25, 0.3) is 10.0 Å². The molecule has 0 saturated carbocycles. The van der Waals surface area contributed by atoms with E-state index in [2.05, 4.69) is 20.7 Å². The molecule has 7 heteroatoms. The van der Waals surface area contributed by atoms with E-state index in [1.807, 2.05) is 6.92 Å². The first kappa shape index (κ1) is 14.0. The molecule has 1 aliphatic rings. The van der Waals surface area contributed by atoms with Crippen LogP contribution >= 0.6 is 15.9 Å². The molecule has 5 nitrogen and oxygen atoms in total. The topological polar surface area (TPSA) is 68.5 Å². The summed E-state index contributed by atoms with van der Waals surface area (Å²) in [5.41, 5.74) is 0. The molecule has 2 heterocycles. The van der Waals surface area contributed by atoms with Crippen LogP contribution in [0.1, 0.15) is 19.8 Å². The second kappa shape index (κ2) is 5.73. The van der Waals surface area contributed by atoms with Crippen LogP contribution in [0.2, 0.25) is 0 Å². The van der Waals surface area contributed by atoms with Gasteiger partial charge in [0.15, 0.2) is 4.67 Å². The SMILES string of the molecule is CC1CC(CNS(=O)(=O)c2ccc(Br)o2)CCO1. The summed E-state index contributed by atoms with van der Waals surface area (Å²) >= 11 is 3.08. The molecule has 0 amide bonds. The fourth-order valence-corrected chi connectivity index (χ4v) is 3.48. The number of nitrogens with one attached hydrogen (secondary N) is 1. The summed E-state index contributed by atoms with van der Waals surface area (Å²) in [7, 11) is -3.54.